The first-order valence-electron chi connectivity index (χ1n) is 9.89. The quantitative estimate of drug-likeness (QED) is 0.470. The molecule has 0 spiro atoms. The van der Waals surface area contributed by atoms with Gasteiger partial charge in [-0.05, 0) is 47.3 Å². The Morgan fingerprint density at radius 2 is 2.03 bits per heavy atom. The van der Waals surface area contributed by atoms with Crippen LogP contribution in [0.4, 0.5) is 16.4 Å². The molecule has 168 valence electrons. The van der Waals surface area contributed by atoms with E-state index in [1.807, 2.05) is 24.3 Å². The molecule has 3 amide bonds. The maximum absolute atomic E-state index is 11.6. The monoisotopic (exact) mass is 474 g/mol. The number of hydrogen-bond acceptors (Lipinski definition) is 7. The number of urea groups is 1. The number of carbonyl (C=O) groups excluding carboxylic acids is 3. The minimum Gasteiger partial charge on any atom is -0.352 e. The lowest BCUT2D eigenvalue weighted by molar-refractivity contribution is -0.114. The average molecular weight is 475 g/mol. The summed E-state index contributed by atoms with van der Waals surface area (Å²) in [7, 11) is 0. The van der Waals surface area contributed by atoms with Crippen molar-refractivity contribution in [2.45, 2.75) is 13.8 Å². The van der Waals surface area contributed by atoms with Gasteiger partial charge in [-0.1, -0.05) is 0 Å². The van der Waals surface area contributed by atoms with Gasteiger partial charge in [0, 0.05) is 56.6 Å². The van der Waals surface area contributed by atoms with E-state index in [-0.39, 0.29) is 17.2 Å². The summed E-state index contributed by atoms with van der Waals surface area (Å²) in [6.45, 7) is 5.40. The van der Waals surface area contributed by atoms with Crippen LogP contribution in [0.25, 0.3) is 20.7 Å². The molecule has 32 heavy (non-hydrogen) atoms. The molecule has 0 saturated carbocycles. The molecule has 0 unspecified atom stereocenters. The summed E-state index contributed by atoms with van der Waals surface area (Å²) in [5.74, 6) is 0.446. The number of anilines is 2. The van der Waals surface area contributed by atoms with Crippen LogP contribution in [-0.4, -0.2) is 58.2 Å². The summed E-state index contributed by atoms with van der Waals surface area (Å²) in [6.07, 6.45) is 1.72. The van der Waals surface area contributed by atoms with E-state index in [2.05, 4.69) is 43.6 Å². The number of amides is 3. The normalized spacial score (nSPS) is 12.7. The summed E-state index contributed by atoms with van der Waals surface area (Å²) >= 11 is 6.28. The first-order valence-corrected chi connectivity index (χ1v) is 11.1. The minimum absolute atomic E-state index is 0.0274. The summed E-state index contributed by atoms with van der Waals surface area (Å²) in [5.41, 5.74) is 1.61. The molecule has 0 bridgehead atoms. The van der Waals surface area contributed by atoms with Crippen molar-refractivity contribution in [3.8, 4) is 10.6 Å². The number of carbonyl (C=O) groups is 3. The molecule has 3 aromatic rings. The second-order valence-corrected chi connectivity index (χ2v) is 8.54. The molecule has 1 aliphatic rings. The van der Waals surface area contributed by atoms with Gasteiger partial charge in [-0.25, -0.2) is 14.8 Å². The molecular formula is C21H23ClN6O3S. The Morgan fingerprint density at radius 1 is 1.25 bits per heavy atom. The molecule has 0 radical (unpaired) electrons. The fourth-order valence-electron chi connectivity index (χ4n) is 3.06. The highest BCUT2D eigenvalue weighted by atomic mass is 35.5. The molecule has 3 N–H and O–H groups in total. The lowest BCUT2D eigenvalue weighted by Crippen LogP contribution is -2.32. The van der Waals surface area contributed by atoms with Gasteiger partial charge in [-0.2, -0.15) is 0 Å². The van der Waals surface area contributed by atoms with Crippen molar-refractivity contribution in [3.05, 3.63) is 36.5 Å². The summed E-state index contributed by atoms with van der Waals surface area (Å²) in [6, 6.07) is 9.75. The summed E-state index contributed by atoms with van der Waals surface area (Å²) in [4.78, 5) is 43.7. The van der Waals surface area contributed by atoms with Crippen LogP contribution in [0.5, 0.6) is 0 Å². The van der Waals surface area contributed by atoms with E-state index in [0.29, 0.717) is 25.6 Å². The average Bonchev–Trinajstić information content (AvgIpc) is 3.33. The molecule has 1 aromatic carbocycles. The Balaban J connectivity index is 0.000000668. The van der Waals surface area contributed by atoms with Crippen LogP contribution in [-0.2, 0) is 9.59 Å². The number of benzene rings is 1. The standard InChI is InChI=1S/C19H20N6O2S.C2H3ClO/c1-12(26)23-14-2-3-16-13(10-14)11-17(28-16)15-4-5-20-18(24-15)21-6-8-25-9-7-22-19(25)27;1-2(3)4/h2-5,10-11H,6-9H2,1H3,(H,22,27)(H,23,26)(H,20,21,24);1H3. The van der Waals surface area contributed by atoms with Gasteiger partial charge in [-0.15, -0.1) is 11.3 Å². The van der Waals surface area contributed by atoms with Crippen LogP contribution in [0.2, 0.25) is 0 Å². The van der Waals surface area contributed by atoms with Crippen molar-refractivity contribution >= 4 is 61.8 Å². The van der Waals surface area contributed by atoms with E-state index >= 15 is 0 Å². The van der Waals surface area contributed by atoms with Gasteiger partial charge in [0.15, 0.2) is 0 Å². The smallest absolute Gasteiger partial charge is 0.317 e. The second kappa shape index (κ2) is 10.9. The Hall–Kier alpha value is -3.24. The molecule has 4 rings (SSSR count). The number of hydrogen-bond donors (Lipinski definition) is 3. The van der Waals surface area contributed by atoms with Crippen LogP contribution in [0, 0.1) is 0 Å². The zero-order valence-electron chi connectivity index (χ0n) is 17.6. The Morgan fingerprint density at radius 3 is 2.72 bits per heavy atom. The third-order valence-electron chi connectivity index (χ3n) is 4.35. The second-order valence-electron chi connectivity index (χ2n) is 6.93. The summed E-state index contributed by atoms with van der Waals surface area (Å²) < 4.78 is 1.12. The number of nitrogens with one attached hydrogen (secondary N) is 3. The van der Waals surface area contributed by atoms with Gasteiger partial charge < -0.3 is 20.9 Å². The van der Waals surface area contributed by atoms with Crippen LogP contribution >= 0.6 is 22.9 Å². The molecule has 1 aliphatic heterocycles. The molecular weight excluding hydrogens is 452 g/mol. The first-order chi connectivity index (χ1) is 15.3. The number of nitrogens with zero attached hydrogens (tertiary/aromatic N) is 3. The minimum atomic E-state index is -0.361. The molecule has 3 heterocycles. The van der Waals surface area contributed by atoms with Crippen molar-refractivity contribution in [1.29, 1.82) is 0 Å². The molecule has 1 saturated heterocycles. The third kappa shape index (κ3) is 6.63. The lowest BCUT2D eigenvalue weighted by Gasteiger charge is -2.14. The molecule has 1 fully saturated rings. The number of aromatic nitrogens is 2. The largest absolute Gasteiger partial charge is 0.352 e. The fraction of sp³-hybridized carbons (Fsp3) is 0.286. The number of fused-ring (bicyclic) bond motifs is 1. The molecule has 11 heteroatoms. The van der Waals surface area contributed by atoms with Gasteiger partial charge in [0.1, 0.15) is 0 Å². The third-order valence-corrected chi connectivity index (χ3v) is 5.49. The number of halogens is 1. The van der Waals surface area contributed by atoms with Crippen LogP contribution in [0.15, 0.2) is 36.5 Å². The highest BCUT2D eigenvalue weighted by molar-refractivity contribution is 7.22. The molecule has 9 nitrogen and oxygen atoms in total. The van der Waals surface area contributed by atoms with E-state index < -0.39 is 0 Å². The Kier molecular flexibility index (Phi) is 7.96. The molecule has 0 atom stereocenters. The number of rotatable bonds is 6. The zero-order valence-corrected chi connectivity index (χ0v) is 19.2. The molecule has 0 aliphatic carbocycles. The van der Waals surface area contributed by atoms with Crippen molar-refractivity contribution in [3.63, 3.8) is 0 Å². The Bertz CT molecular complexity index is 1130. The van der Waals surface area contributed by atoms with E-state index in [0.717, 1.165) is 32.9 Å². The lowest BCUT2D eigenvalue weighted by atomic mass is 10.2. The topological polar surface area (TPSA) is 116 Å². The van der Waals surface area contributed by atoms with Crippen molar-refractivity contribution in [2.75, 3.05) is 36.8 Å². The van der Waals surface area contributed by atoms with Crippen LogP contribution in [0.1, 0.15) is 13.8 Å². The van der Waals surface area contributed by atoms with Gasteiger partial charge in [0.05, 0.1) is 10.6 Å². The maximum atomic E-state index is 11.6. The van der Waals surface area contributed by atoms with Gasteiger partial charge in [0.25, 0.3) is 0 Å². The van der Waals surface area contributed by atoms with E-state index in [1.165, 1.54) is 13.8 Å². The Labute approximate surface area is 194 Å². The van der Waals surface area contributed by atoms with Crippen LogP contribution < -0.4 is 16.0 Å². The zero-order chi connectivity index (χ0) is 23.1. The molecule has 2 aromatic heterocycles. The predicted molar refractivity (Wildman–Crippen MR) is 127 cm³/mol. The van der Waals surface area contributed by atoms with Crippen molar-refractivity contribution in [2.24, 2.45) is 0 Å². The maximum Gasteiger partial charge on any atom is 0.317 e. The number of thiophene rings is 1. The highest BCUT2D eigenvalue weighted by Crippen LogP contribution is 2.34. The van der Waals surface area contributed by atoms with E-state index in [9.17, 15) is 14.4 Å². The van der Waals surface area contributed by atoms with Gasteiger partial charge >= 0.3 is 6.03 Å². The first kappa shape index (κ1) is 23.4. The van der Waals surface area contributed by atoms with Crippen molar-refractivity contribution < 1.29 is 14.4 Å². The SMILES string of the molecule is CC(=O)Cl.CC(=O)Nc1ccc2sc(-c3ccnc(NCCN4CCNC4=O)n3)cc2c1. The van der Waals surface area contributed by atoms with E-state index in [1.54, 1.807) is 22.4 Å². The van der Waals surface area contributed by atoms with Crippen molar-refractivity contribution in [1.82, 2.24) is 20.2 Å². The van der Waals surface area contributed by atoms with E-state index in [4.69, 9.17) is 0 Å². The fourth-order valence-corrected chi connectivity index (χ4v) is 4.07. The van der Waals surface area contributed by atoms with Gasteiger partial charge in [0.2, 0.25) is 17.1 Å². The van der Waals surface area contributed by atoms with Crippen LogP contribution in [0.3, 0.4) is 0 Å². The highest BCUT2D eigenvalue weighted by Gasteiger charge is 2.18. The van der Waals surface area contributed by atoms with Gasteiger partial charge in [-0.3, -0.25) is 9.59 Å². The predicted octanol–water partition coefficient (Wildman–Crippen LogP) is 3.53. The summed E-state index contributed by atoms with van der Waals surface area (Å²) in [5, 5.41) is 9.46.